The van der Waals surface area contributed by atoms with Crippen LogP contribution in [0.5, 0.6) is 0 Å². The number of piperidine rings is 1. The lowest BCUT2D eigenvalue weighted by Gasteiger charge is -2.24. The molecule has 2 N–H and O–H groups in total. The van der Waals surface area contributed by atoms with Crippen LogP contribution in [0.15, 0.2) is 34.7 Å². The van der Waals surface area contributed by atoms with E-state index in [0.29, 0.717) is 30.2 Å². The quantitative estimate of drug-likeness (QED) is 0.460. The van der Waals surface area contributed by atoms with E-state index in [9.17, 15) is 19.7 Å². The normalized spacial score (nSPS) is 27.3. The van der Waals surface area contributed by atoms with Crippen LogP contribution in [0.25, 0.3) is 0 Å². The topological polar surface area (TPSA) is 130 Å². The molecule has 2 aromatic rings. The second-order valence-electron chi connectivity index (χ2n) is 8.92. The zero-order chi connectivity index (χ0) is 24.2. The summed E-state index contributed by atoms with van der Waals surface area (Å²) in [5.41, 5.74) is 0.382. The second kappa shape index (κ2) is 7.97. The third-order valence-corrected chi connectivity index (χ3v) is 6.98. The Morgan fingerprint density at radius 3 is 2.88 bits per heavy atom. The van der Waals surface area contributed by atoms with E-state index in [4.69, 9.17) is 9.15 Å². The summed E-state index contributed by atoms with van der Waals surface area (Å²) < 4.78 is 26.1. The summed E-state index contributed by atoms with van der Waals surface area (Å²) in [7, 11) is 1.79. The van der Waals surface area contributed by atoms with Gasteiger partial charge in [-0.25, -0.2) is 9.18 Å². The molecule has 34 heavy (non-hydrogen) atoms. The van der Waals surface area contributed by atoms with Crippen LogP contribution in [-0.4, -0.2) is 62.3 Å². The van der Waals surface area contributed by atoms with Crippen molar-refractivity contribution in [2.45, 2.75) is 24.5 Å². The lowest BCUT2D eigenvalue weighted by molar-refractivity contribution is -0.401. The third-order valence-electron chi connectivity index (χ3n) is 6.98. The van der Waals surface area contributed by atoms with Crippen molar-refractivity contribution < 1.29 is 28.1 Å². The van der Waals surface area contributed by atoms with E-state index in [-0.39, 0.29) is 36.8 Å². The van der Waals surface area contributed by atoms with Gasteiger partial charge in [0.1, 0.15) is 16.8 Å². The average Bonchev–Trinajstić information content (AvgIpc) is 3.26. The van der Waals surface area contributed by atoms with Crippen molar-refractivity contribution in [2.75, 3.05) is 43.0 Å². The minimum Gasteiger partial charge on any atom is -0.442 e. The number of nitro groups is 1. The van der Waals surface area contributed by atoms with E-state index < -0.39 is 28.4 Å². The molecule has 12 heteroatoms. The van der Waals surface area contributed by atoms with Gasteiger partial charge in [-0.05, 0) is 17.7 Å². The molecular formula is C22H24FN5O6. The van der Waals surface area contributed by atoms with Gasteiger partial charge in [-0.1, -0.05) is 6.07 Å². The van der Waals surface area contributed by atoms with Crippen LogP contribution in [-0.2, 0) is 14.9 Å². The number of fused-ring (bicyclic) bond motifs is 1. The number of nitrogens with one attached hydrogen (secondary N) is 2. The van der Waals surface area contributed by atoms with E-state index in [0.717, 1.165) is 0 Å². The van der Waals surface area contributed by atoms with E-state index >= 15 is 4.39 Å². The van der Waals surface area contributed by atoms with Crippen LogP contribution >= 0.6 is 0 Å². The molecule has 1 saturated carbocycles. The molecule has 1 aromatic heterocycles. The van der Waals surface area contributed by atoms with Crippen molar-refractivity contribution >= 4 is 29.5 Å². The van der Waals surface area contributed by atoms with Gasteiger partial charge in [-0.2, -0.15) is 0 Å². The number of carbonyl (C=O) groups excluding carboxylic acids is 2. The number of furan rings is 1. The zero-order valence-electron chi connectivity index (χ0n) is 18.6. The van der Waals surface area contributed by atoms with Gasteiger partial charge < -0.3 is 24.7 Å². The Labute approximate surface area is 194 Å². The number of nitrogens with zero attached hydrogens (tertiary/aromatic N) is 3. The maximum atomic E-state index is 15.5. The maximum absolute atomic E-state index is 15.5. The first-order valence-corrected chi connectivity index (χ1v) is 10.9. The Kier molecular flexibility index (Phi) is 5.19. The van der Waals surface area contributed by atoms with E-state index in [2.05, 4.69) is 10.6 Å². The van der Waals surface area contributed by atoms with Gasteiger partial charge >= 0.3 is 12.0 Å². The average molecular weight is 473 g/mol. The standard InChI is InChI=1S/C22H24FN5O6/c1-12(29)25-8-14-10-27(21(30)33-14)13-3-4-15(17(23)7-13)22-11-24-9-16(22)20(22)26(2)18-5-6-19(34-18)28(31)32/h3-7,14,16,20,24H,8-11H2,1-2H3,(H,25,29)/t14-,16-,20-,22?/m0/s1. The molecule has 0 radical (unpaired) electrons. The number of rotatable bonds is 7. The highest BCUT2D eigenvalue weighted by atomic mass is 19.1. The SMILES string of the molecule is CC(=O)NC[C@H]1CN(c2ccc(C34CNC[C@H]3[C@@H]4N(C)c3ccc([N+](=O)[O-])o3)c(F)c2)C(=O)O1. The Morgan fingerprint density at radius 1 is 1.41 bits per heavy atom. The summed E-state index contributed by atoms with van der Waals surface area (Å²) >= 11 is 0. The molecule has 4 atom stereocenters. The summed E-state index contributed by atoms with van der Waals surface area (Å²) in [6.45, 7) is 3.00. The summed E-state index contributed by atoms with van der Waals surface area (Å²) in [5, 5.41) is 16.9. The Hall–Kier alpha value is -3.67. The van der Waals surface area contributed by atoms with Gasteiger partial charge in [0, 0.05) is 50.5 Å². The Balaban J connectivity index is 1.36. The molecule has 2 saturated heterocycles. The number of carbonyl (C=O) groups is 2. The molecule has 0 spiro atoms. The molecular weight excluding hydrogens is 449 g/mol. The lowest BCUT2D eigenvalue weighted by Crippen LogP contribution is -2.35. The van der Waals surface area contributed by atoms with E-state index in [1.165, 1.54) is 24.0 Å². The van der Waals surface area contributed by atoms with Gasteiger partial charge in [0.05, 0.1) is 24.8 Å². The molecule has 5 rings (SSSR count). The molecule has 3 aliphatic rings. The number of hydrogen-bond acceptors (Lipinski definition) is 8. The first-order valence-electron chi connectivity index (χ1n) is 10.9. The molecule has 2 amide bonds. The number of ether oxygens (including phenoxy) is 1. The maximum Gasteiger partial charge on any atom is 0.434 e. The van der Waals surface area contributed by atoms with Gasteiger partial charge in [0.25, 0.3) is 0 Å². The van der Waals surface area contributed by atoms with Gasteiger partial charge in [-0.15, -0.1) is 0 Å². The number of benzene rings is 1. The third kappa shape index (κ3) is 3.45. The summed E-state index contributed by atoms with van der Waals surface area (Å²) in [4.78, 5) is 37.0. The van der Waals surface area contributed by atoms with E-state index in [1.54, 1.807) is 25.2 Å². The summed E-state index contributed by atoms with van der Waals surface area (Å²) in [6, 6.07) is 7.46. The highest BCUT2D eigenvalue weighted by Gasteiger charge is 2.70. The molecule has 3 heterocycles. The molecule has 0 bridgehead atoms. The molecule has 3 fully saturated rings. The van der Waals surface area contributed by atoms with Gasteiger partial charge in [0.2, 0.25) is 11.8 Å². The Bertz CT molecular complexity index is 1170. The van der Waals surface area contributed by atoms with Crippen LogP contribution in [0.2, 0.25) is 0 Å². The number of anilines is 2. The Morgan fingerprint density at radius 2 is 2.21 bits per heavy atom. The molecule has 180 valence electrons. The molecule has 1 aliphatic carbocycles. The molecule has 2 aliphatic heterocycles. The number of hydrogen-bond donors (Lipinski definition) is 2. The number of amides is 2. The smallest absolute Gasteiger partial charge is 0.434 e. The van der Waals surface area contributed by atoms with Crippen molar-refractivity contribution in [3.63, 3.8) is 0 Å². The highest BCUT2D eigenvalue weighted by molar-refractivity contribution is 5.90. The van der Waals surface area contributed by atoms with E-state index in [1.807, 2.05) is 4.90 Å². The molecule has 1 aromatic carbocycles. The van der Waals surface area contributed by atoms with Crippen molar-refractivity contribution in [3.05, 3.63) is 51.8 Å². The monoisotopic (exact) mass is 473 g/mol. The van der Waals surface area contributed by atoms with Crippen LogP contribution in [0.4, 0.5) is 26.6 Å². The fourth-order valence-corrected chi connectivity index (χ4v) is 5.42. The zero-order valence-corrected chi connectivity index (χ0v) is 18.6. The summed E-state index contributed by atoms with van der Waals surface area (Å²) in [5.74, 6) is -0.555. The molecule has 11 nitrogen and oxygen atoms in total. The predicted octanol–water partition coefficient (Wildman–Crippen LogP) is 1.76. The van der Waals surface area contributed by atoms with Crippen molar-refractivity contribution in [1.29, 1.82) is 0 Å². The second-order valence-corrected chi connectivity index (χ2v) is 8.92. The van der Waals surface area contributed by atoms with Crippen molar-refractivity contribution in [3.8, 4) is 0 Å². The lowest BCUT2D eigenvalue weighted by atomic mass is 9.93. The van der Waals surface area contributed by atoms with Gasteiger partial charge in [0.15, 0.2) is 0 Å². The number of halogens is 1. The fraction of sp³-hybridized carbons (Fsp3) is 0.455. The van der Waals surface area contributed by atoms with Crippen LogP contribution in [0.3, 0.4) is 0 Å². The van der Waals surface area contributed by atoms with Crippen LogP contribution in [0, 0.1) is 21.8 Å². The minimum atomic E-state index is -0.593. The van der Waals surface area contributed by atoms with Crippen molar-refractivity contribution in [1.82, 2.24) is 10.6 Å². The minimum absolute atomic E-state index is 0.0980. The number of likely N-dealkylation sites (N-methyl/N-ethyl adjacent to an activating group) is 1. The van der Waals surface area contributed by atoms with Crippen LogP contribution < -0.4 is 20.4 Å². The largest absolute Gasteiger partial charge is 0.442 e. The number of cyclic esters (lactones) is 1. The summed E-state index contributed by atoms with van der Waals surface area (Å²) in [6.07, 6.45) is -1.11. The first-order chi connectivity index (χ1) is 16.2. The van der Waals surface area contributed by atoms with Crippen molar-refractivity contribution in [2.24, 2.45) is 5.92 Å². The molecule has 1 unspecified atom stereocenters. The first kappa shape index (κ1) is 22.1. The highest BCUT2D eigenvalue weighted by Crippen LogP contribution is 2.60. The fourth-order valence-electron chi connectivity index (χ4n) is 5.42. The van der Waals surface area contributed by atoms with Gasteiger partial charge in [-0.3, -0.25) is 19.8 Å². The van der Waals surface area contributed by atoms with Crippen LogP contribution in [0.1, 0.15) is 12.5 Å². The predicted molar refractivity (Wildman–Crippen MR) is 118 cm³/mol.